The van der Waals surface area contributed by atoms with Crippen LogP contribution in [0.5, 0.6) is 0 Å². The van der Waals surface area contributed by atoms with E-state index in [-0.39, 0.29) is 24.4 Å². The summed E-state index contributed by atoms with van der Waals surface area (Å²) in [6, 6.07) is -0.425. The van der Waals surface area contributed by atoms with Crippen molar-refractivity contribution in [2.75, 3.05) is 13.1 Å². The molecule has 2 amide bonds. The van der Waals surface area contributed by atoms with Crippen LogP contribution in [0.25, 0.3) is 0 Å². The molecule has 1 aliphatic heterocycles. The van der Waals surface area contributed by atoms with E-state index in [0.29, 0.717) is 11.8 Å². The maximum atomic E-state index is 12.1. The predicted octanol–water partition coefficient (Wildman–Crippen LogP) is 2.17. The Morgan fingerprint density at radius 2 is 1.95 bits per heavy atom. The van der Waals surface area contributed by atoms with Crippen LogP contribution in [0.15, 0.2) is 0 Å². The molecule has 0 saturated carbocycles. The first-order valence-electron chi connectivity index (χ1n) is 7.08. The Hall–Kier alpha value is -1.26. The lowest BCUT2D eigenvalue weighted by Crippen LogP contribution is -2.46. The van der Waals surface area contributed by atoms with Gasteiger partial charge in [-0.15, -0.1) is 0 Å². The molecule has 2 atom stereocenters. The molecule has 0 spiro atoms. The zero-order valence-corrected chi connectivity index (χ0v) is 12.3. The third-order valence-corrected chi connectivity index (χ3v) is 3.96. The number of hydrogen-bond donors (Lipinski definition) is 2. The summed E-state index contributed by atoms with van der Waals surface area (Å²) >= 11 is 0. The van der Waals surface area contributed by atoms with E-state index in [1.165, 1.54) is 0 Å². The first kappa shape index (κ1) is 15.8. The molecular weight excluding hydrogens is 244 g/mol. The lowest BCUT2D eigenvalue weighted by atomic mass is 9.95. The smallest absolute Gasteiger partial charge is 0.317 e. The van der Waals surface area contributed by atoms with E-state index in [9.17, 15) is 9.59 Å². The van der Waals surface area contributed by atoms with Crippen LogP contribution in [0.4, 0.5) is 4.79 Å². The molecule has 0 aliphatic carbocycles. The number of aliphatic carboxylic acids is 1. The van der Waals surface area contributed by atoms with Gasteiger partial charge in [-0.05, 0) is 24.2 Å². The summed E-state index contributed by atoms with van der Waals surface area (Å²) < 4.78 is 0. The molecule has 1 heterocycles. The Labute approximate surface area is 115 Å². The average Bonchev–Trinajstić information content (AvgIpc) is 2.76. The summed E-state index contributed by atoms with van der Waals surface area (Å²) in [4.78, 5) is 24.7. The van der Waals surface area contributed by atoms with E-state index in [2.05, 4.69) is 19.2 Å². The third kappa shape index (κ3) is 4.73. The number of hydrogen-bond acceptors (Lipinski definition) is 2. The van der Waals surface area contributed by atoms with Crippen molar-refractivity contribution < 1.29 is 14.7 Å². The summed E-state index contributed by atoms with van der Waals surface area (Å²) in [5, 5.41) is 11.7. The van der Waals surface area contributed by atoms with Gasteiger partial charge in [0.1, 0.15) is 0 Å². The molecule has 2 N–H and O–H groups in total. The largest absolute Gasteiger partial charge is 0.481 e. The zero-order chi connectivity index (χ0) is 14.6. The molecule has 0 radical (unpaired) electrons. The van der Waals surface area contributed by atoms with Crippen molar-refractivity contribution in [3.8, 4) is 0 Å². The molecule has 0 aromatic carbocycles. The molecule has 1 rings (SSSR count). The van der Waals surface area contributed by atoms with E-state index in [4.69, 9.17) is 5.11 Å². The standard InChI is InChI=1S/C14H26N2O3/c1-9(2)11-5-6-16(8-11)14(19)15-12(10(3)4)7-13(17)18/h9-12H,5-8H2,1-4H3,(H,15,19)(H,17,18). The van der Waals surface area contributed by atoms with Gasteiger partial charge >= 0.3 is 12.0 Å². The summed E-state index contributed by atoms with van der Waals surface area (Å²) in [7, 11) is 0. The fourth-order valence-electron chi connectivity index (χ4n) is 2.41. The molecule has 1 aliphatic rings. The monoisotopic (exact) mass is 270 g/mol. The Balaban J connectivity index is 2.51. The highest BCUT2D eigenvalue weighted by Crippen LogP contribution is 2.23. The number of carboxylic acid groups (broad SMARTS) is 1. The Bertz CT molecular complexity index is 329. The number of likely N-dealkylation sites (tertiary alicyclic amines) is 1. The number of rotatable bonds is 5. The number of carbonyl (C=O) groups is 2. The minimum atomic E-state index is -0.875. The van der Waals surface area contributed by atoms with Gasteiger partial charge in [0.2, 0.25) is 0 Å². The molecule has 2 unspecified atom stereocenters. The highest BCUT2D eigenvalue weighted by molar-refractivity contribution is 5.76. The zero-order valence-electron chi connectivity index (χ0n) is 12.3. The fourth-order valence-corrected chi connectivity index (χ4v) is 2.41. The molecule has 0 bridgehead atoms. The second-order valence-electron chi connectivity index (χ2n) is 6.14. The normalized spacial score (nSPS) is 20.9. The number of nitrogens with zero attached hydrogens (tertiary/aromatic N) is 1. The molecule has 19 heavy (non-hydrogen) atoms. The molecule has 1 saturated heterocycles. The van der Waals surface area contributed by atoms with E-state index >= 15 is 0 Å². The van der Waals surface area contributed by atoms with Crippen LogP contribution in [0.3, 0.4) is 0 Å². The maximum Gasteiger partial charge on any atom is 0.317 e. The van der Waals surface area contributed by atoms with Gasteiger partial charge in [0.05, 0.1) is 6.42 Å². The molecule has 110 valence electrons. The number of nitrogens with one attached hydrogen (secondary N) is 1. The van der Waals surface area contributed by atoms with E-state index in [0.717, 1.165) is 19.5 Å². The molecule has 5 nitrogen and oxygen atoms in total. The topological polar surface area (TPSA) is 69.6 Å². The minimum absolute atomic E-state index is 0.0230. The van der Waals surface area contributed by atoms with Gasteiger partial charge in [-0.2, -0.15) is 0 Å². The minimum Gasteiger partial charge on any atom is -0.481 e. The van der Waals surface area contributed by atoms with Crippen LogP contribution in [-0.2, 0) is 4.79 Å². The van der Waals surface area contributed by atoms with E-state index in [1.54, 1.807) is 0 Å². The molecule has 0 aromatic heterocycles. The van der Waals surface area contributed by atoms with Crippen molar-refractivity contribution in [1.82, 2.24) is 10.2 Å². The Kier molecular flexibility index (Phi) is 5.63. The van der Waals surface area contributed by atoms with Crippen molar-refractivity contribution in [3.05, 3.63) is 0 Å². The molecule has 1 fully saturated rings. The predicted molar refractivity (Wildman–Crippen MR) is 73.9 cm³/mol. The van der Waals surface area contributed by atoms with Gasteiger partial charge in [-0.3, -0.25) is 4.79 Å². The van der Waals surface area contributed by atoms with Gasteiger partial charge in [0.25, 0.3) is 0 Å². The van der Waals surface area contributed by atoms with Crippen LogP contribution in [-0.4, -0.2) is 41.1 Å². The third-order valence-electron chi connectivity index (χ3n) is 3.96. The van der Waals surface area contributed by atoms with E-state index in [1.807, 2.05) is 18.7 Å². The van der Waals surface area contributed by atoms with Crippen LogP contribution in [0.2, 0.25) is 0 Å². The Morgan fingerprint density at radius 1 is 1.32 bits per heavy atom. The van der Waals surface area contributed by atoms with Crippen LogP contribution in [0.1, 0.15) is 40.5 Å². The maximum absolute atomic E-state index is 12.1. The van der Waals surface area contributed by atoms with Crippen molar-refractivity contribution in [2.24, 2.45) is 17.8 Å². The second kappa shape index (κ2) is 6.78. The lowest BCUT2D eigenvalue weighted by molar-refractivity contribution is -0.137. The van der Waals surface area contributed by atoms with Crippen molar-refractivity contribution in [2.45, 2.75) is 46.6 Å². The van der Waals surface area contributed by atoms with E-state index < -0.39 is 5.97 Å². The number of urea groups is 1. The molecular formula is C14H26N2O3. The summed E-state index contributed by atoms with van der Waals surface area (Å²) in [6.07, 6.45) is 1.02. The van der Waals surface area contributed by atoms with Gasteiger partial charge in [0, 0.05) is 19.1 Å². The summed E-state index contributed by atoms with van der Waals surface area (Å²) in [5.74, 6) is 0.379. The van der Waals surface area contributed by atoms with Gasteiger partial charge in [-0.25, -0.2) is 4.79 Å². The lowest BCUT2D eigenvalue weighted by Gasteiger charge is -2.25. The quantitative estimate of drug-likeness (QED) is 0.804. The van der Waals surface area contributed by atoms with Gasteiger partial charge in [-0.1, -0.05) is 27.7 Å². The first-order chi connectivity index (χ1) is 8.81. The van der Waals surface area contributed by atoms with Crippen molar-refractivity contribution >= 4 is 12.0 Å². The second-order valence-corrected chi connectivity index (χ2v) is 6.14. The summed E-state index contributed by atoms with van der Waals surface area (Å²) in [6.45, 7) is 9.75. The molecule has 5 heteroatoms. The number of carboxylic acids is 1. The molecule has 0 aromatic rings. The first-order valence-corrected chi connectivity index (χ1v) is 7.08. The highest BCUT2D eigenvalue weighted by atomic mass is 16.4. The number of amides is 2. The number of carbonyl (C=O) groups excluding carboxylic acids is 1. The average molecular weight is 270 g/mol. The van der Waals surface area contributed by atoms with Crippen molar-refractivity contribution in [1.29, 1.82) is 0 Å². The summed E-state index contributed by atoms with van der Waals surface area (Å²) in [5.41, 5.74) is 0. The van der Waals surface area contributed by atoms with Gasteiger partial charge < -0.3 is 15.3 Å². The van der Waals surface area contributed by atoms with Crippen molar-refractivity contribution in [3.63, 3.8) is 0 Å². The van der Waals surface area contributed by atoms with Gasteiger partial charge in [0.15, 0.2) is 0 Å². The highest BCUT2D eigenvalue weighted by Gasteiger charge is 2.29. The van der Waals surface area contributed by atoms with Crippen LogP contribution < -0.4 is 5.32 Å². The van der Waals surface area contributed by atoms with Crippen LogP contribution >= 0.6 is 0 Å². The van der Waals surface area contributed by atoms with Crippen LogP contribution in [0, 0.1) is 17.8 Å². The fraction of sp³-hybridized carbons (Fsp3) is 0.857. The SMILES string of the molecule is CC(C)C1CCN(C(=O)NC(CC(=O)O)C(C)C)C1. The Morgan fingerprint density at radius 3 is 2.37 bits per heavy atom.